The molecule has 3 aromatic carbocycles. The number of rotatable bonds is 5. The van der Waals surface area contributed by atoms with Gasteiger partial charge in [0.25, 0.3) is 5.91 Å². The smallest absolute Gasteiger partial charge is 0.254 e. The molecule has 1 amide bonds. The number of carbonyl (C=O) groups is 1. The molecule has 6 rings (SSSR count). The van der Waals surface area contributed by atoms with E-state index >= 15 is 4.39 Å². The average Bonchev–Trinajstić information content (AvgIpc) is 3.43. The van der Waals surface area contributed by atoms with Gasteiger partial charge < -0.3 is 20.3 Å². The van der Waals surface area contributed by atoms with Gasteiger partial charge in [0, 0.05) is 40.8 Å². The minimum absolute atomic E-state index is 0.0901. The number of hydrogen-bond acceptors (Lipinski definition) is 4. The van der Waals surface area contributed by atoms with Crippen LogP contribution in [0.1, 0.15) is 55.5 Å². The summed E-state index contributed by atoms with van der Waals surface area (Å²) in [6, 6.07) is 16.5. The molecule has 2 atom stereocenters. The fraction of sp³-hybridized carbons (Fsp3) is 0.333. The van der Waals surface area contributed by atoms with E-state index in [-0.39, 0.29) is 29.6 Å². The van der Waals surface area contributed by atoms with Gasteiger partial charge in [-0.3, -0.25) is 4.79 Å². The Hall–Kier alpha value is -4.06. The van der Waals surface area contributed by atoms with E-state index in [4.69, 9.17) is 5.73 Å². The maximum atomic E-state index is 15.8. The predicted molar refractivity (Wildman–Crippen MR) is 154 cm³/mol. The molecule has 2 unspecified atom stereocenters. The SMILES string of the molecule is CC(C)(O)Cn1ccc2cc(-c3ccc(C(=O)N4C5CCC4CC(N)C5)cc3-c3ccc(C#N)c(F)c3)c(F)cc21. The summed E-state index contributed by atoms with van der Waals surface area (Å²) in [5.41, 5.74) is 7.98. The fourth-order valence-electron chi connectivity index (χ4n) is 6.60. The lowest BCUT2D eigenvalue weighted by Gasteiger charge is -2.38. The van der Waals surface area contributed by atoms with E-state index in [2.05, 4.69) is 0 Å². The summed E-state index contributed by atoms with van der Waals surface area (Å²) in [6.07, 6.45) is 5.20. The van der Waals surface area contributed by atoms with Crippen molar-refractivity contribution in [3.05, 3.63) is 83.6 Å². The number of aromatic nitrogens is 1. The number of aliphatic hydroxyl groups is 1. The molecule has 2 fully saturated rings. The van der Waals surface area contributed by atoms with Crippen molar-refractivity contribution in [1.82, 2.24) is 9.47 Å². The molecule has 210 valence electrons. The molecule has 2 saturated heterocycles. The van der Waals surface area contributed by atoms with E-state index in [1.165, 1.54) is 18.2 Å². The average molecular weight is 555 g/mol. The maximum absolute atomic E-state index is 15.8. The number of piperidine rings is 1. The summed E-state index contributed by atoms with van der Waals surface area (Å²) in [7, 11) is 0. The van der Waals surface area contributed by atoms with Crippen molar-refractivity contribution < 1.29 is 18.7 Å². The van der Waals surface area contributed by atoms with Gasteiger partial charge in [-0.05, 0) is 98.7 Å². The van der Waals surface area contributed by atoms with E-state index in [9.17, 15) is 19.6 Å². The van der Waals surface area contributed by atoms with Crippen molar-refractivity contribution in [2.45, 2.75) is 69.8 Å². The van der Waals surface area contributed by atoms with Crippen LogP contribution in [-0.4, -0.2) is 44.2 Å². The number of hydrogen-bond donors (Lipinski definition) is 2. The van der Waals surface area contributed by atoms with Crippen molar-refractivity contribution in [2.24, 2.45) is 5.73 Å². The topological polar surface area (TPSA) is 95.3 Å². The number of fused-ring (bicyclic) bond motifs is 3. The first kappa shape index (κ1) is 27.1. The number of amides is 1. The Morgan fingerprint density at radius 3 is 2.39 bits per heavy atom. The minimum Gasteiger partial charge on any atom is -0.389 e. The second kappa shape index (κ2) is 10.1. The number of nitrogens with zero attached hydrogens (tertiary/aromatic N) is 3. The van der Waals surface area contributed by atoms with Crippen LogP contribution in [0.2, 0.25) is 0 Å². The van der Waals surface area contributed by atoms with E-state index in [0.717, 1.165) is 31.1 Å². The first-order valence-corrected chi connectivity index (χ1v) is 14.0. The quantitative estimate of drug-likeness (QED) is 0.317. The molecule has 41 heavy (non-hydrogen) atoms. The predicted octanol–water partition coefficient (Wildman–Crippen LogP) is 5.99. The van der Waals surface area contributed by atoms with Crippen molar-refractivity contribution >= 4 is 16.8 Å². The molecule has 0 saturated carbocycles. The highest BCUT2D eigenvalue weighted by molar-refractivity contribution is 5.99. The molecule has 0 aliphatic carbocycles. The second-order valence-corrected chi connectivity index (χ2v) is 12.0. The molecule has 1 aromatic heterocycles. The van der Waals surface area contributed by atoms with Gasteiger partial charge in [0.05, 0.1) is 23.2 Å². The van der Waals surface area contributed by atoms with E-state index < -0.39 is 17.2 Å². The molecular formula is C33H32F2N4O2. The standard InChI is InChI=1S/C33H32F2N4O2/c1-33(2,41)18-38-10-9-20-11-28(30(35)16-31(20)38)26-8-5-21(12-27(26)19-3-4-22(17-36)29(34)13-19)32(40)39-24-6-7-25(39)15-23(37)14-24/h3-5,8-13,16,23-25,41H,6-7,14-15,18,37H2,1-2H3. The van der Waals surface area contributed by atoms with Crippen molar-refractivity contribution in [3.8, 4) is 28.3 Å². The van der Waals surface area contributed by atoms with Crippen LogP contribution in [0.4, 0.5) is 8.78 Å². The van der Waals surface area contributed by atoms with Crippen molar-refractivity contribution in [1.29, 1.82) is 5.26 Å². The Bertz CT molecular complexity index is 1700. The molecule has 2 aliphatic rings. The second-order valence-electron chi connectivity index (χ2n) is 12.0. The molecule has 8 heteroatoms. The highest BCUT2D eigenvalue weighted by Crippen LogP contribution is 2.40. The van der Waals surface area contributed by atoms with E-state index in [1.807, 2.05) is 23.2 Å². The van der Waals surface area contributed by atoms with E-state index in [0.29, 0.717) is 39.9 Å². The minimum atomic E-state index is -0.977. The zero-order chi connectivity index (χ0) is 29.1. The molecule has 3 heterocycles. The number of nitrogens with two attached hydrogens (primary N) is 1. The highest BCUT2D eigenvalue weighted by Gasteiger charge is 2.42. The zero-order valence-corrected chi connectivity index (χ0v) is 23.1. The third-order valence-electron chi connectivity index (χ3n) is 8.38. The Kier molecular flexibility index (Phi) is 6.68. The molecule has 0 spiro atoms. The number of benzene rings is 3. The first-order valence-electron chi connectivity index (χ1n) is 14.0. The van der Waals surface area contributed by atoms with Crippen LogP contribution in [0.3, 0.4) is 0 Å². The summed E-state index contributed by atoms with van der Waals surface area (Å²) in [4.78, 5) is 15.7. The van der Waals surface area contributed by atoms with Crippen LogP contribution >= 0.6 is 0 Å². The number of carbonyl (C=O) groups excluding carboxylic acids is 1. The maximum Gasteiger partial charge on any atom is 0.254 e. The van der Waals surface area contributed by atoms with Gasteiger partial charge in [-0.15, -0.1) is 0 Å². The molecule has 0 radical (unpaired) electrons. The van der Waals surface area contributed by atoms with Crippen LogP contribution in [-0.2, 0) is 6.54 Å². The molecule has 3 N–H and O–H groups in total. The molecule has 2 bridgehead atoms. The van der Waals surface area contributed by atoms with Crippen LogP contribution in [0.5, 0.6) is 0 Å². The van der Waals surface area contributed by atoms with Gasteiger partial charge in [0.15, 0.2) is 0 Å². The summed E-state index contributed by atoms with van der Waals surface area (Å²) < 4.78 is 32.4. The molecular weight excluding hydrogens is 522 g/mol. The molecule has 6 nitrogen and oxygen atoms in total. The van der Waals surface area contributed by atoms with Gasteiger partial charge in [0.2, 0.25) is 0 Å². The van der Waals surface area contributed by atoms with Crippen molar-refractivity contribution in [2.75, 3.05) is 0 Å². The van der Waals surface area contributed by atoms with Gasteiger partial charge in [-0.2, -0.15) is 5.26 Å². The lowest BCUT2D eigenvalue weighted by Crippen LogP contribution is -2.50. The van der Waals surface area contributed by atoms with E-state index in [1.54, 1.807) is 48.7 Å². The zero-order valence-electron chi connectivity index (χ0n) is 23.1. The monoisotopic (exact) mass is 554 g/mol. The lowest BCUT2D eigenvalue weighted by atomic mass is 9.90. The molecule has 4 aromatic rings. The summed E-state index contributed by atoms with van der Waals surface area (Å²) >= 11 is 0. The summed E-state index contributed by atoms with van der Waals surface area (Å²) in [6.45, 7) is 3.68. The largest absolute Gasteiger partial charge is 0.389 e. The third kappa shape index (κ3) is 5.01. The molecule has 2 aliphatic heterocycles. The third-order valence-corrected chi connectivity index (χ3v) is 8.38. The van der Waals surface area contributed by atoms with Gasteiger partial charge in [-0.1, -0.05) is 12.1 Å². The normalized spacial score (nSPS) is 20.4. The Balaban J connectivity index is 1.47. The van der Waals surface area contributed by atoms with Crippen LogP contribution < -0.4 is 5.73 Å². The number of nitriles is 1. The summed E-state index contributed by atoms with van der Waals surface area (Å²) in [5.74, 6) is -1.27. The van der Waals surface area contributed by atoms with Gasteiger partial charge in [-0.25, -0.2) is 8.78 Å². The first-order chi connectivity index (χ1) is 19.5. The fourth-order valence-corrected chi connectivity index (χ4v) is 6.60. The highest BCUT2D eigenvalue weighted by atomic mass is 19.1. The van der Waals surface area contributed by atoms with Crippen LogP contribution in [0.25, 0.3) is 33.2 Å². The number of halogens is 2. The summed E-state index contributed by atoms with van der Waals surface area (Å²) in [5, 5.41) is 20.3. The van der Waals surface area contributed by atoms with Crippen molar-refractivity contribution in [3.63, 3.8) is 0 Å². The van der Waals surface area contributed by atoms with Gasteiger partial charge >= 0.3 is 0 Å². The Morgan fingerprint density at radius 1 is 1.00 bits per heavy atom. The van der Waals surface area contributed by atoms with Crippen LogP contribution in [0, 0.1) is 23.0 Å². The lowest BCUT2D eigenvalue weighted by molar-refractivity contribution is 0.0574. The van der Waals surface area contributed by atoms with Crippen LogP contribution in [0.15, 0.2) is 60.8 Å². The van der Waals surface area contributed by atoms with Gasteiger partial charge in [0.1, 0.15) is 17.7 Å². The Morgan fingerprint density at radius 2 is 1.73 bits per heavy atom. The Labute approximate surface area is 237 Å².